The SMILES string of the molecule is CCCCOC(=O)c1c(OCCCC)nc(-c2ccc3c(ccn3C)c2)c(O)c1OCCCC. The van der Waals surface area contributed by atoms with Gasteiger partial charge in [-0.25, -0.2) is 9.78 Å². The van der Waals surface area contributed by atoms with Gasteiger partial charge in [-0.3, -0.25) is 0 Å². The molecular formula is C27H36N2O5. The first kappa shape index (κ1) is 25.4. The number of aryl methyl sites for hydroxylation is 1. The molecule has 3 rings (SSSR count). The van der Waals surface area contributed by atoms with E-state index in [1.807, 2.05) is 49.0 Å². The van der Waals surface area contributed by atoms with Gasteiger partial charge in [0.15, 0.2) is 17.1 Å². The third-order valence-corrected chi connectivity index (χ3v) is 5.67. The van der Waals surface area contributed by atoms with Gasteiger partial charge >= 0.3 is 5.97 Å². The number of ether oxygens (including phenoxy) is 3. The molecule has 0 aliphatic carbocycles. The Bertz CT molecular complexity index is 1110. The first-order valence-corrected chi connectivity index (χ1v) is 12.3. The summed E-state index contributed by atoms with van der Waals surface area (Å²) >= 11 is 0. The molecule has 1 N–H and O–H groups in total. The lowest BCUT2D eigenvalue weighted by molar-refractivity contribution is 0.0487. The minimum Gasteiger partial charge on any atom is -0.503 e. The van der Waals surface area contributed by atoms with E-state index in [-0.39, 0.29) is 29.5 Å². The summed E-state index contributed by atoms with van der Waals surface area (Å²) in [5.74, 6) is -0.585. The van der Waals surface area contributed by atoms with Crippen molar-refractivity contribution in [2.45, 2.75) is 59.3 Å². The number of fused-ring (bicyclic) bond motifs is 1. The number of esters is 1. The number of hydrogen-bond acceptors (Lipinski definition) is 6. The highest BCUT2D eigenvalue weighted by molar-refractivity contribution is 5.98. The maximum absolute atomic E-state index is 13.1. The third kappa shape index (κ3) is 5.82. The zero-order chi connectivity index (χ0) is 24.5. The molecule has 0 aliphatic rings. The van der Waals surface area contributed by atoms with Crippen molar-refractivity contribution in [1.29, 1.82) is 0 Å². The van der Waals surface area contributed by atoms with Crippen molar-refractivity contribution in [3.63, 3.8) is 0 Å². The van der Waals surface area contributed by atoms with Crippen LogP contribution >= 0.6 is 0 Å². The third-order valence-electron chi connectivity index (χ3n) is 5.67. The number of pyridine rings is 1. The number of rotatable bonds is 13. The Morgan fingerprint density at radius 1 is 0.971 bits per heavy atom. The normalized spacial score (nSPS) is 11.1. The van der Waals surface area contributed by atoms with E-state index in [0.29, 0.717) is 24.5 Å². The first-order chi connectivity index (χ1) is 16.5. The maximum Gasteiger partial charge on any atom is 0.347 e. The summed E-state index contributed by atoms with van der Waals surface area (Å²) in [6.45, 7) is 7.18. The van der Waals surface area contributed by atoms with Gasteiger partial charge in [-0.05, 0) is 37.5 Å². The zero-order valence-corrected chi connectivity index (χ0v) is 20.7. The zero-order valence-electron chi connectivity index (χ0n) is 20.7. The van der Waals surface area contributed by atoms with Crippen molar-refractivity contribution < 1.29 is 24.1 Å². The number of aromatic nitrogens is 2. The van der Waals surface area contributed by atoms with Crippen LogP contribution in [-0.4, -0.2) is 40.4 Å². The summed E-state index contributed by atoms with van der Waals surface area (Å²) in [5, 5.41) is 12.3. The Balaban J connectivity index is 2.13. The molecule has 0 amide bonds. The molecular weight excluding hydrogens is 432 g/mol. The van der Waals surface area contributed by atoms with E-state index >= 15 is 0 Å². The van der Waals surface area contributed by atoms with Crippen LogP contribution in [-0.2, 0) is 11.8 Å². The van der Waals surface area contributed by atoms with Gasteiger partial charge < -0.3 is 23.9 Å². The topological polar surface area (TPSA) is 82.8 Å². The molecule has 0 unspecified atom stereocenters. The van der Waals surface area contributed by atoms with Gasteiger partial charge in [-0.15, -0.1) is 0 Å². The van der Waals surface area contributed by atoms with E-state index in [1.165, 1.54) is 0 Å². The second-order valence-corrected chi connectivity index (χ2v) is 8.41. The predicted octanol–water partition coefficient (Wildman–Crippen LogP) is 6.26. The Morgan fingerprint density at radius 3 is 2.35 bits per heavy atom. The van der Waals surface area contributed by atoms with Crippen LogP contribution in [0.25, 0.3) is 22.2 Å². The molecule has 0 aliphatic heterocycles. The predicted molar refractivity (Wildman–Crippen MR) is 134 cm³/mol. The average Bonchev–Trinajstić information content (AvgIpc) is 3.21. The lowest BCUT2D eigenvalue weighted by atomic mass is 10.1. The number of unbranched alkanes of at least 4 members (excludes halogenated alkanes) is 3. The van der Waals surface area contributed by atoms with Gasteiger partial charge in [-0.2, -0.15) is 0 Å². The molecule has 1 aromatic carbocycles. The second kappa shape index (κ2) is 12.3. The maximum atomic E-state index is 13.1. The minimum atomic E-state index is -0.598. The lowest BCUT2D eigenvalue weighted by Gasteiger charge is -2.18. The van der Waals surface area contributed by atoms with Gasteiger partial charge in [0.25, 0.3) is 0 Å². The molecule has 2 heterocycles. The minimum absolute atomic E-state index is 0.0466. The molecule has 0 spiro atoms. The summed E-state index contributed by atoms with van der Waals surface area (Å²) in [7, 11) is 1.98. The van der Waals surface area contributed by atoms with Gasteiger partial charge in [0, 0.05) is 29.7 Å². The van der Waals surface area contributed by atoms with Crippen LogP contribution in [0.2, 0.25) is 0 Å². The van der Waals surface area contributed by atoms with Crippen molar-refractivity contribution in [1.82, 2.24) is 9.55 Å². The first-order valence-electron chi connectivity index (χ1n) is 12.3. The lowest BCUT2D eigenvalue weighted by Crippen LogP contribution is -2.14. The number of hydrogen-bond donors (Lipinski definition) is 1. The Labute approximate surface area is 201 Å². The van der Waals surface area contributed by atoms with Crippen LogP contribution < -0.4 is 9.47 Å². The highest BCUT2D eigenvalue weighted by atomic mass is 16.5. The fourth-order valence-corrected chi connectivity index (χ4v) is 3.60. The molecule has 0 bridgehead atoms. The van der Waals surface area contributed by atoms with Crippen LogP contribution in [0.5, 0.6) is 17.4 Å². The largest absolute Gasteiger partial charge is 0.503 e. The summed E-state index contributed by atoms with van der Waals surface area (Å²) in [6, 6.07) is 7.85. The van der Waals surface area contributed by atoms with Crippen LogP contribution in [0.3, 0.4) is 0 Å². The monoisotopic (exact) mass is 468 g/mol. The van der Waals surface area contributed by atoms with Crippen molar-refractivity contribution in [2.24, 2.45) is 7.05 Å². The Hall–Kier alpha value is -3.22. The van der Waals surface area contributed by atoms with Gasteiger partial charge in [0.2, 0.25) is 5.88 Å². The molecule has 2 aromatic heterocycles. The summed E-state index contributed by atoms with van der Waals surface area (Å²) in [5.41, 5.74) is 2.14. The van der Waals surface area contributed by atoms with E-state index in [0.717, 1.165) is 49.4 Å². The number of carbonyl (C=O) groups excluding carboxylic acids is 1. The van der Waals surface area contributed by atoms with Crippen molar-refractivity contribution >= 4 is 16.9 Å². The van der Waals surface area contributed by atoms with Crippen LogP contribution in [0.4, 0.5) is 0 Å². The van der Waals surface area contributed by atoms with Crippen LogP contribution in [0.1, 0.15) is 69.7 Å². The van der Waals surface area contributed by atoms with Crippen LogP contribution in [0, 0.1) is 0 Å². The van der Waals surface area contributed by atoms with E-state index in [2.05, 4.69) is 18.8 Å². The van der Waals surface area contributed by atoms with E-state index in [1.54, 1.807) is 0 Å². The smallest absolute Gasteiger partial charge is 0.347 e. The van der Waals surface area contributed by atoms with Gasteiger partial charge in [-0.1, -0.05) is 46.1 Å². The molecule has 7 heteroatoms. The number of nitrogens with zero attached hydrogens (tertiary/aromatic N) is 2. The summed E-state index contributed by atoms with van der Waals surface area (Å²) in [4.78, 5) is 17.7. The Morgan fingerprint density at radius 2 is 1.65 bits per heavy atom. The molecule has 3 aromatic rings. The van der Waals surface area contributed by atoms with Gasteiger partial charge in [0.1, 0.15) is 5.69 Å². The Kier molecular flexibility index (Phi) is 9.19. The summed E-state index contributed by atoms with van der Waals surface area (Å²) < 4.78 is 19.4. The fourth-order valence-electron chi connectivity index (χ4n) is 3.60. The fraction of sp³-hybridized carbons (Fsp3) is 0.481. The molecule has 0 saturated heterocycles. The van der Waals surface area contributed by atoms with Crippen molar-refractivity contribution in [3.05, 3.63) is 36.0 Å². The van der Waals surface area contributed by atoms with Crippen molar-refractivity contribution in [3.8, 4) is 28.6 Å². The molecule has 0 atom stereocenters. The quantitative estimate of drug-likeness (QED) is 0.235. The van der Waals surface area contributed by atoms with Crippen molar-refractivity contribution in [2.75, 3.05) is 19.8 Å². The van der Waals surface area contributed by atoms with E-state index < -0.39 is 5.97 Å². The average molecular weight is 469 g/mol. The van der Waals surface area contributed by atoms with Gasteiger partial charge in [0.05, 0.1) is 19.8 Å². The molecule has 0 saturated carbocycles. The molecule has 184 valence electrons. The molecule has 0 radical (unpaired) electrons. The standard InChI is InChI=1S/C27H36N2O5/c1-5-8-15-32-25-22(27(31)34-17-10-7-3)26(33-16-9-6-2)28-23(24(25)30)20-11-12-21-19(18-20)13-14-29(21)4/h11-14,18,30H,5-10,15-17H2,1-4H3. The summed E-state index contributed by atoms with van der Waals surface area (Å²) in [6.07, 6.45) is 7.07. The van der Waals surface area contributed by atoms with E-state index in [9.17, 15) is 9.90 Å². The number of carbonyl (C=O) groups is 1. The highest BCUT2D eigenvalue weighted by Crippen LogP contribution is 2.43. The molecule has 7 nitrogen and oxygen atoms in total. The molecule has 34 heavy (non-hydrogen) atoms. The number of aromatic hydroxyl groups is 1. The second-order valence-electron chi connectivity index (χ2n) is 8.41. The van der Waals surface area contributed by atoms with E-state index in [4.69, 9.17) is 14.2 Å². The number of benzene rings is 1. The molecule has 0 fully saturated rings. The highest BCUT2D eigenvalue weighted by Gasteiger charge is 2.29. The van der Waals surface area contributed by atoms with Crippen LogP contribution in [0.15, 0.2) is 30.5 Å².